The van der Waals surface area contributed by atoms with Crippen LogP contribution in [0, 0.1) is 0 Å². The maximum absolute atomic E-state index is 5.86. The maximum Gasteiger partial charge on any atom is 0.0647 e. The van der Waals surface area contributed by atoms with Gasteiger partial charge in [-0.2, -0.15) is 0 Å². The lowest BCUT2D eigenvalue weighted by Crippen LogP contribution is -2.07. The van der Waals surface area contributed by atoms with E-state index in [0.717, 1.165) is 22.2 Å². The van der Waals surface area contributed by atoms with E-state index >= 15 is 0 Å². The van der Waals surface area contributed by atoms with Gasteiger partial charge in [0, 0.05) is 28.7 Å². The van der Waals surface area contributed by atoms with E-state index in [1.54, 1.807) is 6.20 Å². The second kappa shape index (κ2) is 3.27. The largest absolute Gasteiger partial charge is 0.398 e. The highest BCUT2D eigenvalue weighted by Crippen LogP contribution is 2.24. The summed E-state index contributed by atoms with van der Waals surface area (Å²) in [7, 11) is 0. The van der Waals surface area contributed by atoms with Crippen molar-refractivity contribution in [2.24, 2.45) is 5.73 Å². The van der Waals surface area contributed by atoms with Crippen LogP contribution in [0.5, 0.6) is 0 Å². The number of rotatable bonds is 1. The molecule has 0 saturated carbocycles. The SMILES string of the molecule is CC(N)c1nccc2c(N)cccc12. The third-order valence-corrected chi connectivity index (χ3v) is 2.30. The Kier molecular flexibility index (Phi) is 2.09. The Hall–Kier alpha value is -1.61. The van der Waals surface area contributed by atoms with Gasteiger partial charge < -0.3 is 11.5 Å². The molecular formula is C11H13N3. The fourth-order valence-corrected chi connectivity index (χ4v) is 1.62. The van der Waals surface area contributed by atoms with Gasteiger partial charge in [-0.3, -0.25) is 4.98 Å². The van der Waals surface area contributed by atoms with Crippen LogP contribution in [0.25, 0.3) is 10.8 Å². The highest BCUT2D eigenvalue weighted by molar-refractivity contribution is 5.94. The molecule has 1 atom stereocenters. The molecule has 2 aromatic rings. The minimum absolute atomic E-state index is 0.0690. The first-order valence-corrected chi connectivity index (χ1v) is 4.59. The summed E-state index contributed by atoms with van der Waals surface area (Å²) in [6.45, 7) is 1.92. The maximum atomic E-state index is 5.86. The fourth-order valence-electron chi connectivity index (χ4n) is 1.62. The standard InChI is InChI=1S/C11H13N3/c1-7(12)11-9-3-2-4-10(13)8(9)5-6-14-11/h2-7H,12-13H2,1H3. The summed E-state index contributed by atoms with van der Waals surface area (Å²) in [6, 6.07) is 7.65. The van der Waals surface area contributed by atoms with E-state index in [-0.39, 0.29) is 6.04 Å². The number of nitrogens with zero attached hydrogens (tertiary/aromatic N) is 1. The van der Waals surface area contributed by atoms with Crippen LogP contribution in [0.3, 0.4) is 0 Å². The molecule has 3 nitrogen and oxygen atoms in total. The van der Waals surface area contributed by atoms with E-state index in [2.05, 4.69) is 4.98 Å². The van der Waals surface area contributed by atoms with Gasteiger partial charge in [0.15, 0.2) is 0 Å². The third-order valence-electron chi connectivity index (χ3n) is 2.30. The first-order chi connectivity index (χ1) is 6.70. The first-order valence-electron chi connectivity index (χ1n) is 4.59. The number of pyridine rings is 1. The van der Waals surface area contributed by atoms with Crippen LogP contribution in [0.1, 0.15) is 18.7 Å². The van der Waals surface area contributed by atoms with Crippen molar-refractivity contribution in [2.45, 2.75) is 13.0 Å². The number of anilines is 1. The molecule has 2 rings (SSSR count). The van der Waals surface area contributed by atoms with E-state index in [0.29, 0.717) is 0 Å². The molecule has 1 aromatic heterocycles. The molecule has 0 amide bonds. The van der Waals surface area contributed by atoms with Gasteiger partial charge in [0.1, 0.15) is 0 Å². The number of benzene rings is 1. The summed E-state index contributed by atoms with van der Waals surface area (Å²) in [4.78, 5) is 4.27. The van der Waals surface area contributed by atoms with Crippen molar-refractivity contribution in [1.82, 2.24) is 4.98 Å². The van der Waals surface area contributed by atoms with Crippen LogP contribution in [0.15, 0.2) is 30.5 Å². The van der Waals surface area contributed by atoms with Crippen LogP contribution < -0.4 is 11.5 Å². The molecule has 72 valence electrons. The minimum atomic E-state index is -0.0690. The van der Waals surface area contributed by atoms with Crippen molar-refractivity contribution in [3.05, 3.63) is 36.2 Å². The van der Waals surface area contributed by atoms with Gasteiger partial charge in [-0.15, -0.1) is 0 Å². The Morgan fingerprint density at radius 3 is 2.71 bits per heavy atom. The van der Waals surface area contributed by atoms with Crippen molar-refractivity contribution in [2.75, 3.05) is 5.73 Å². The van der Waals surface area contributed by atoms with Crippen LogP contribution in [0.2, 0.25) is 0 Å². The summed E-state index contributed by atoms with van der Waals surface area (Å²) >= 11 is 0. The number of hydrogen-bond donors (Lipinski definition) is 2. The molecule has 1 aromatic carbocycles. The van der Waals surface area contributed by atoms with Crippen molar-refractivity contribution in [1.29, 1.82) is 0 Å². The summed E-state index contributed by atoms with van der Waals surface area (Å²) in [5, 5.41) is 2.07. The van der Waals surface area contributed by atoms with Gasteiger partial charge in [-0.05, 0) is 19.1 Å². The van der Waals surface area contributed by atoms with E-state index < -0.39 is 0 Å². The molecule has 0 aliphatic heterocycles. The molecule has 0 saturated heterocycles. The zero-order chi connectivity index (χ0) is 10.1. The third kappa shape index (κ3) is 1.32. The lowest BCUT2D eigenvalue weighted by atomic mass is 10.1. The predicted molar refractivity (Wildman–Crippen MR) is 58.8 cm³/mol. The first kappa shape index (κ1) is 8.97. The fraction of sp³-hybridized carbons (Fsp3) is 0.182. The highest BCUT2D eigenvalue weighted by atomic mass is 14.8. The molecule has 1 heterocycles. The number of nitrogens with two attached hydrogens (primary N) is 2. The number of nitrogen functional groups attached to an aromatic ring is 1. The lowest BCUT2D eigenvalue weighted by Gasteiger charge is -2.09. The van der Waals surface area contributed by atoms with Crippen molar-refractivity contribution in [3.63, 3.8) is 0 Å². The molecule has 0 aliphatic carbocycles. The predicted octanol–water partition coefficient (Wildman–Crippen LogP) is 1.84. The Balaban J connectivity index is 2.81. The van der Waals surface area contributed by atoms with Crippen LogP contribution in [0.4, 0.5) is 5.69 Å². The van der Waals surface area contributed by atoms with Crippen molar-refractivity contribution >= 4 is 16.5 Å². The summed E-state index contributed by atoms with van der Waals surface area (Å²) in [6.07, 6.45) is 1.75. The molecule has 1 unspecified atom stereocenters. The van der Waals surface area contributed by atoms with Gasteiger partial charge in [0.2, 0.25) is 0 Å². The van der Waals surface area contributed by atoms with E-state index in [1.165, 1.54) is 0 Å². The molecule has 0 bridgehead atoms. The number of fused-ring (bicyclic) bond motifs is 1. The van der Waals surface area contributed by atoms with Gasteiger partial charge in [0.05, 0.1) is 5.69 Å². The quantitative estimate of drug-likeness (QED) is 0.669. The van der Waals surface area contributed by atoms with E-state index in [9.17, 15) is 0 Å². The molecule has 0 aliphatic rings. The van der Waals surface area contributed by atoms with Crippen molar-refractivity contribution in [3.8, 4) is 0 Å². The second-order valence-electron chi connectivity index (χ2n) is 3.43. The molecular weight excluding hydrogens is 174 g/mol. The second-order valence-corrected chi connectivity index (χ2v) is 3.43. The van der Waals surface area contributed by atoms with Gasteiger partial charge >= 0.3 is 0 Å². The van der Waals surface area contributed by atoms with Gasteiger partial charge in [-0.25, -0.2) is 0 Å². The Morgan fingerprint density at radius 2 is 2.00 bits per heavy atom. The molecule has 0 fully saturated rings. The van der Waals surface area contributed by atoms with Gasteiger partial charge in [0.25, 0.3) is 0 Å². The van der Waals surface area contributed by atoms with E-state index in [4.69, 9.17) is 11.5 Å². The average Bonchev–Trinajstić information content (AvgIpc) is 2.17. The monoisotopic (exact) mass is 187 g/mol. The zero-order valence-electron chi connectivity index (χ0n) is 8.07. The molecule has 4 N–H and O–H groups in total. The topological polar surface area (TPSA) is 64.9 Å². The molecule has 0 spiro atoms. The summed E-state index contributed by atoms with van der Waals surface area (Å²) in [5.74, 6) is 0. The average molecular weight is 187 g/mol. The van der Waals surface area contributed by atoms with Crippen LogP contribution >= 0.6 is 0 Å². The van der Waals surface area contributed by atoms with Crippen LogP contribution in [-0.2, 0) is 0 Å². The Bertz CT molecular complexity index is 463. The molecule has 0 radical (unpaired) electrons. The lowest BCUT2D eigenvalue weighted by molar-refractivity contribution is 0.791. The Morgan fingerprint density at radius 1 is 1.21 bits per heavy atom. The number of aromatic nitrogens is 1. The Labute approximate surface area is 82.7 Å². The smallest absolute Gasteiger partial charge is 0.0647 e. The van der Waals surface area contributed by atoms with Gasteiger partial charge in [-0.1, -0.05) is 12.1 Å². The minimum Gasteiger partial charge on any atom is -0.398 e. The van der Waals surface area contributed by atoms with Crippen molar-refractivity contribution < 1.29 is 0 Å². The molecule has 3 heteroatoms. The normalized spacial score (nSPS) is 13.0. The molecule has 14 heavy (non-hydrogen) atoms. The number of hydrogen-bond acceptors (Lipinski definition) is 3. The highest BCUT2D eigenvalue weighted by Gasteiger charge is 2.07. The summed E-state index contributed by atoms with van der Waals surface area (Å²) in [5.41, 5.74) is 13.4. The zero-order valence-corrected chi connectivity index (χ0v) is 8.07. The summed E-state index contributed by atoms with van der Waals surface area (Å²) < 4.78 is 0. The van der Waals surface area contributed by atoms with Crippen LogP contribution in [-0.4, -0.2) is 4.98 Å². The van der Waals surface area contributed by atoms with E-state index in [1.807, 2.05) is 31.2 Å².